The lowest BCUT2D eigenvalue weighted by molar-refractivity contribution is 0.355. The molecule has 0 spiro atoms. The number of aryl methyl sites for hydroxylation is 2. The molecule has 3 aromatic carbocycles. The van der Waals surface area contributed by atoms with Gasteiger partial charge in [-0.2, -0.15) is 4.31 Å². The van der Waals surface area contributed by atoms with Crippen molar-refractivity contribution >= 4 is 26.7 Å². The lowest BCUT2D eigenvalue weighted by Gasteiger charge is -2.35. The summed E-state index contributed by atoms with van der Waals surface area (Å²) in [6.07, 6.45) is 1.51. The van der Waals surface area contributed by atoms with E-state index in [1.807, 2.05) is 36.4 Å². The molecular formula is C28H30N4O4S. The molecule has 0 bridgehead atoms. The van der Waals surface area contributed by atoms with Crippen molar-refractivity contribution in [1.29, 1.82) is 0 Å². The molecule has 9 heteroatoms. The summed E-state index contributed by atoms with van der Waals surface area (Å²) < 4.78 is 38.9. The SMILES string of the molecule is COc1cc2nc(CCc3ccccc3)nc(N3CCN(S(=O)(=O)c4ccccc4)CC3)c2cc1OC. The van der Waals surface area contributed by atoms with Gasteiger partial charge in [-0.05, 0) is 30.2 Å². The number of sulfonamides is 1. The van der Waals surface area contributed by atoms with Crippen LogP contribution in [0.2, 0.25) is 0 Å². The first-order valence-electron chi connectivity index (χ1n) is 12.3. The van der Waals surface area contributed by atoms with Crippen LogP contribution in [0.15, 0.2) is 77.7 Å². The third kappa shape index (κ3) is 5.23. The Hall–Kier alpha value is -3.69. The molecule has 0 saturated carbocycles. The van der Waals surface area contributed by atoms with Gasteiger partial charge < -0.3 is 14.4 Å². The van der Waals surface area contributed by atoms with Crippen LogP contribution in [0.25, 0.3) is 10.9 Å². The summed E-state index contributed by atoms with van der Waals surface area (Å²) in [5.41, 5.74) is 1.99. The normalized spacial score (nSPS) is 14.6. The van der Waals surface area contributed by atoms with Gasteiger partial charge in [-0.1, -0.05) is 48.5 Å². The van der Waals surface area contributed by atoms with Crippen molar-refractivity contribution in [2.75, 3.05) is 45.3 Å². The van der Waals surface area contributed by atoms with Gasteiger partial charge >= 0.3 is 0 Å². The predicted octanol–water partition coefficient (Wildman–Crippen LogP) is 3.94. The van der Waals surface area contributed by atoms with Crippen LogP contribution in [0, 0.1) is 0 Å². The number of hydrogen-bond acceptors (Lipinski definition) is 7. The number of nitrogens with zero attached hydrogens (tertiary/aromatic N) is 4. The van der Waals surface area contributed by atoms with Crippen LogP contribution in [0.4, 0.5) is 5.82 Å². The number of ether oxygens (including phenoxy) is 2. The van der Waals surface area contributed by atoms with E-state index in [4.69, 9.17) is 19.4 Å². The number of rotatable bonds is 8. The summed E-state index contributed by atoms with van der Waals surface area (Å²) in [5, 5.41) is 0.848. The van der Waals surface area contributed by atoms with E-state index in [2.05, 4.69) is 17.0 Å². The minimum absolute atomic E-state index is 0.316. The van der Waals surface area contributed by atoms with Crippen molar-refractivity contribution in [3.8, 4) is 11.5 Å². The van der Waals surface area contributed by atoms with E-state index in [1.165, 1.54) is 5.56 Å². The summed E-state index contributed by atoms with van der Waals surface area (Å²) in [6, 6.07) is 22.6. The van der Waals surface area contributed by atoms with Crippen molar-refractivity contribution in [3.63, 3.8) is 0 Å². The second kappa shape index (κ2) is 10.7. The molecule has 0 aliphatic carbocycles. The van der Waals surface area contributed by atoms with E-state index >= 15 is 0 Å². The number of fused-ring (bicyclic) bond motifs is 1. The number of benzene rings is 3. The molecule has 1 fully saturated rings. The van der Waals surface area contributed by atoms with Gasteiger partial charge in [0.05, 0.1) is 24.6 Å². The van der Waals surface area contributed by atoms with Crippen LogP contribution in [-0.2, 0) is 22.9 Å². The van der Waals surface area contributed by atoms with Gasteiger partial charge in [-0.3, -0.25) is 0 Å². The summed E-state index contributed by atoms with van der Waals surface area (Å²) in [7, 11) is -0.331. The number of anilines is 1. The molecule has 2 heterocycles. The van der Waals surface area contributed by atoms with Crippen LogP contribution in [0.1, 0.15) is 11.4 Å². The van der Waals surface area contributed by atoms with Gasteiger partial charge in [0, 0.05) is 44.1 Å². The average Bonchev–Trinajstić information content (AvgIpc) is 2.96. The number of piperazine rings is 1. The molecule has 0 atom stereocenters. The highest BCUT2D eigenvalue weighted by atomic mass is 32.2. The maximum Gasteiger partial charge on any atom is 0.243 e. The van der Waals surface area contributed by atoms with Crippen molar-refractivity contribution in [1.82, 2.24) is 14.3 Å². The van der Waals surface area contributed by atoms with Crippen LogP contribution in [0.5, 0.6) is 11.5 Å². The Morgan fingerprint density at radius 3 is 2.05 bits per heavy atom. The Morgan fingerprint density at radius 1 is 0.784 bits per heavy atom. The minimum Gasteiger partial charge on any atom is -0.493 e. The maximum atomic E-state index is 13.1. The van der Waals surface area contributed by atoms with E-state index in [0.717, 1.165) is 29.0 Å². The molecule has 192 valence electrons. The van der Waals surface area contributed by atoms with E-state index < -0.39 is 10.0 Å². The van der Waals surface area contributed by atoms with Gasteiger partial charge in [0.15, 0.2) is 11.5 Å². The summed E-state index contributed by atoms with van der Waals surface area (Å²) >= 11 is 0. The van der Waals surface area contributed by atoms with E-state index in [9.17, 15) is 8.42 Å². The van der Waals surface area contributed by atoms with E-state index in [1.54, 1.807) is 42.8 Å². The third-order valence-electron chi connectivity index (χ3n) is 6.63. The summed E-state index contributed by atoms with van der Waals surface area (Å²) in [4.78, 5) is 12.3. The number of methoxy groups -OCH3 is 2. The lowest BCUT2D eigenvalue weighted by Crippen LogP contribution is -2.49. The van der Waals surface area contributed by atoms with Gasteiger partial charge in [0.2, 0.25) is 10.0 Å². The highest BCUT2D eigenvalue weighted by Crippen LogP contribution is 2.36. The van der Waals surface area contributed by atoms with Crippen molar-refractivity contribution in [2.24, 2.45) is 0 Å². The standard InChI is InChI=1S/C28H30N4O4S/c1-35-25-19-23-24(20-26(25)36-2)29-27(14-13-21-9-5-3-6-10-21)30-28(23)31-15-17-32(18-16-31)37(33,34)22-11-7-4-8-12-22/h3-12,19-20H,13-18H2,1-2H3. The van der Waals surface area contributed by atoms with Crippen LogP contribution in [0.3, 0.4) is 0 Å². The second-order valence-corrected chi connectivity index (χ2v) is 10.8. The summed E-state index contributed by atoms with van der Waals surface area (Å²) in [6.45, 7) is 1.78. The van der Waals surface area contributed by atoms with Crippen molar-refractivity contribution in [2.45, 2.75) is 17.7 Å². The van der Waals surface area contributed by atoms with Gasteiger partial charge in [0.1, 0.15) is 11.6 Å². The molecule has 0 amide bonds. The van der Waals surface area contributed by atoms with E-state index in [0.29, 0.717) is 49.0 Å². The van der Waals surface area contributed by atoms with Crippen molar-refractivity contribution < 1.29 is 17.9 Å². The third-order valence-corrected chi connectivity index (χ3v) is 8.54. The Morgan fingerprint density at radius 2 is 1.41 bits per heavy atom. The average molecular weight is 519 g/mol. The smallest absolute Gasteiger partial charge is 0.243 e. The maximum absolute atomic E-state index is 13.1. The molecule has 37 heavy (non-hydrogen) atoms. The topological polar surface area (TPSA) is 84.9 Å². The Bertz CT molecular complexity index is 1470. The van der Waals surface area contributed by atoms with Gasteiger partial charge in [-0.15, -0.1) is 0 Å². The second-order valence-electron chi connectivity index (χ2n) is 8.88. The Labute approximate surface area is 217 Å². The fourth-order valence-electron chi connectivity index (χ4n) is 4.62. The highest BCUT2D eigenvalue weighted by molar-refractivity contribution is 7.89. The molecule has 5 rings (SSSR count). The zero-order valence-corrected chi connectivity index (χ0v) is 21.8. The number of aromatic nitrogens is 2. The molecule has 0 unspecified atom stereocenters. The molecule has 0 radical (unpaired) electrons. The monoisotopic (exact) mass is 518 g/mol. The molecular weight excluding hydrogens is 488 g/mol. The molecule has 1 aromatic heterocycles. The van der Waals surface area contributed by atoms with Crippen molar-refractivity contribution in [3.05, 3.63) is 84.2 Å². The first-order valence-corrected chi connectivity index (χ1v) is 13.7. The fraction of sp³-hybridized carbons (Fsp3) is 0.286. The van der Waals surface area contributed by atoms with Gasteiger partial charge in [-0.25, -0.2) is 18.4 Å². The molecule has 0 N–H and O–H groups in total. The Kier molecular flexibility index (Phi) is 7.25. The largest absolute Gasteiger partial charge is 0.493 e. The Balaban J connectivity index is 1.45. The van der Waals surface area contributed by atoms with Crippen LogP contribution < -0.4 is 14.4 Å². The molecule has 1 aliphatic rings. The fourth-order valence-corrected chi connectivity index (χ4v) is 6.07. The van der Waals surface area contributed by atoms with E-state index in [-0.39, 0.29) is 0 Å². The molecule has 8 nitrogen and oxygen atoms in total. The highest BCUT2D eigenvalue weighted by Gasteiger charge is 2.30. The quantitative estimate of drug-likeness (QED) is 0.349. The first kappa shape index (κ1) is 25.0. The molecule has 1 saturated heterocycles. The molecule has 1 aliphatic heterocycles. The summed E-state index contributed by atoms with van der Waals surface area (Å²) in [5.74, 6) is 2.72. The first-order chi connectivity index (χ1) is 18.0. The molecule has 4 aromatic rings. The minimum atomic E-state index is -3.54. The zero-order valence-electron chi connectivity index (χ0n) is 21.0. The van der Waals surface area contributed by atoms with Gasteiger partial charge in [0.25, 0.3) is 0 Å². The van der Waals surface area contributed by atoms with Crippen LogP contribution in [-0.4, -0.2) is 63.1 Å². The zero-order chi connectivity index (χ0) is 25.8. The van der Waals surface area contributed by atoms with Crippen LogP contribution >= 0.6 is 0 Å². The number of hydrogen-bond donors (Lipinski definition) is 0. The lowest BCUT2D eigenvalue weighted by atomic mass is 10.1. The predicted molar refractivity (Wildman–Crippen MR) is 144 cm³/mol.